The van der Waals surface area contributed by atoms with Crippen molar-refractivity contribution in [3.05, 3.63) is 32.8 Å². The van der Waals surface area contributed by atoms with Crippen molar-refractivity contribution in [3.63, 3.8) is 0 Å². The van der Waals surface area contributed by atoms with Crippen molar-refractivity contribution >= 4 is 42.0 Å². The number of halogens is 2. The molecule has 0 aliphatic heterocycles. The quantitative estimate of drug-likeness (QED) is 0.656. The minimum absolute atomic E-state index is 0. The van der Waals surface area contributed by atoms with E-state index in [0.29, 0.717) is 15.9 Å². The fourth-order valence-electron chi connectivity index (χ4n) is 1.54. The molecule has 0 aliphatic carbocycles. The third kappa shape index (κ3) is 4.02. The summed E-state index contributed by atoms with van der Waals surface area (Å²) in [5.74, 6) is -0.0790. The van der Waals surface area contributed by atoms with Gasteiger partial charge in [0.1, 0.15) is 4.90 Å². The number of hydrogen-bond acceptors (Lipinski definition) is 4. The average Bonchev–Trinajstić information content (AvgIpc) is 2.59. The fourth-order valence-corrected chi connectivity index (χ4v) is 3.72. The molecule has 8 nitrogen and oxygen atoms in total. The zero-order valence-corrected chi connectivity index (χ0v) is 14.5. The van der Waals surface area contributed by atoms with E-state index in [4.69, 9.17) is 4.55 Å². The molecule has 2 rings (SSSR count). The molecule has 6 N–H and O–H groups in total. The highest BCUT2D eigenvalue weighted by atomic mass is 79.9. The van der Waals surface area contributed by atoms with Crippen molar-refractivity contribution in [1.29, 1.82) is 0 Å². The Morgan fingerprint density at radius 3 is 2.14 bits per heavy atom. The first-order valence-corrected chi connectivity index (χ1v) is 7.95. The molecule has 0 aliphatic rings. The summed E-state index contributed by atoms with van der Waals surface area (Å²) >= 11 is 6.25. The van der Waals surface area contributed by atoms with E-state index in [1.807, 2.05) is 0 Å². The lowest BCUT2D eigenvalue weighted by Gasteiger charge is -2.09. The number of rotatable bonds is 2. The predicted octanol–water partition coefficient (Wildman–Crippen LogP) is 1.01. The molecule has 0 amide bonds. The highest BCUT2D eigenvalue weighted by molar-refractivity contribution is 9.11. The van der Waals surface area contributed by atoms with Crippen LogP contribution in [0.2, 0.25) is 0 Å². The topological polar surface area (TPSA) is 155 Å². The Morgan fingerprint density at radius 2 is 1.71 bits per heavy atom. The van der Waals surface area contributed by atoms with Crippen molar-refractivity contribution in [2.24, 2.45) is 0 Å². The van der Waals surface area contributed by atoms with Crippen LogP contribution in [0.15, 0.2) is 32.0 Å². The van der Waals surface area contributed by atoms with Gasteiger partial charge in [0.15, 0.2) is 0 Å². The summed E-state index contributed by atoms with van der Waals surface area (Å²) in [7, 11) is -4.33. The Kier molecular flexibility index (Phi) is 6.53. The van der Waals surface area contributed by atoms with Gasteiger partial charge in [-0.25, -0.2) is 0 Å². The van der Waals surface area contributed by atoms with E-state index in [1.54, 1.807) is 6.92 Å². The summed E-state index contributed by atoms with van der Waals surface area (Å²) in [6.07, 6.45) is 0. The molecule has 11 heteroatoms. The molecule has 0 saturated carbocycles. The van der Waals surface area contributed by atoms with Gasteiger partial charge in [-0.1, -0.05) is 0 Å². The second-order valence-electron chi connectivity index (χ2n) is 3.76. The Bertz CT molecular complexity index is 759. The normalized spacial score (nSPS) is 10.7. The summed E-state index contributed by atoms with van der Waals surface area (Å²) in [5.41, 5.74) is 1.05. The van der Waals surface area contributed by atoms with E-state index in [0.717, 1.165) is 0 Å². The van der Waals surface area contributed by atoms with Crippen LogP contribution in [0, 0.1) is 6.92 Å². The highest BCUT2D eigenvalue weighted by Crippen LogP contribution is 2.32. The average molecular weight is 448 g/mol. The summed E-state index contributed by atoms with van der Waals surface area (Å²) in [5, 5.41) is 13.8. The first-order valence-electron chi connectivity index (χ1n) is 4.92. The van der Waals surface area contributed by atoms with Crippen LogP contribution in [0.1, 0.15) is 5.69 Å². The van der Waals surface area contributed by atoms with Crippen LogP contribution in [0.4, 0.5) is 0 Å². The SMILES string of the molecule is Cc1cc(O)n(-c2cc(Br)c(S(=O)(=O)O)cc2Br)n1.O.O. The van der Waals surface area contributed by atoms with E-state index in [2.05, 4.69) is 37.0 Å². The molecule has 0 fully saturated rings. The molecule has 1 heterocycles. The van der Waals surface area contributed by atoms with Crippen LogP contribution in [0.5, 0.6) is 5.88 Å². The summed E-state index contributed by atoms with van der Waals surface area (Å²) in [6, 6.07) is 4.13. The van der Waals surface area contributed by atoms with Crippen LogP contribution in [0.25, 0.3) is 5.69 Å². The van der Waals surface area contributed by atoms with Crippen molar-refractivity contribution in [1.82, 2.24) is 9.78 Å². The number of aryl methyl sites for hydroxylation is 1. The van der Waals surface area contributed by atoms with E-state index in [9.17, 15) is 13.5 Å². The van der Waals surface area contributed by atoms with Crippen molar-refractivity contribution in [3.8, 4) is 11.6 Å². The van der Waals surface area contributed by atoms with E-state index < -0.39 is 10.1 Å². The maximum atomic E-state index is 11.2. The number of nitrogens with zero attached hydrogens (tertiary/aromatic N) is 2. The van der Waals surface area contributed by atoms with Gasteiger partial charge >= 0.3 is 0 Å². The van der Waals surface area contributed by atoms with Crippen LogP contribution >= 0.6 is 31.9 Å². The number of hydrogen-bond donors (Lipinski definition) is 2. The molecule has 0 bridgehead atoms. The minimum Gasteiger partial charge on any atom is -0.493 e. The monoisotopic (exact) mass is 446 g/mol. The van der Waals surface area contributed by atoms with Crippen LogP contribution in [-0.4, -0.2) is 38.8 Å². The lowest BCUT2D eigenvalue weighted by molar-refractivity contribution is 0.433. The van der Waals surface area contributed by atoms with Gasteiger partial charge in [0.2, 0.25) is 5.88 Å². The third-order valence-electron chi connectivity index (χ3n) is 2.32. The molecule has 1 aromatic heterocycles. The maximum absolute atomic E-state index is 11.2. The van der Waals surface area contributed by atoms with Gasteiger partial charge in [0, 0.05) is 15.0 Å². The number of benzene rings is 1. The van der Waals surface area contributed by atoms with Gasteiger partial charge in [-0.05, 0) is 50.9 Å². The summed E-state index contributed by atoms with van der Waals surface area (Å²) in [4.78, 5) is -0.272. The smallest absolute Gasteiger partial charge is 0.295 e. The Balaban J connectivity index is 0.00000200. The molecule has 2 aromatic rings. The predicted molar refractivity (Wildman–Crippen MR) is 82.4 cm³/mol. The Hall–Kier alpha value is -0.980. The summed E-state index contributed by atoms with van der Waals surface area (Å²) < 4.78 is 33.2. The van der Waals surface area contributed by atoms with Crippen LogP contribution in [-0.2, 0) is 10.1 Å². The second-order valence-corrected chi connectivity index (χ2v) is 6.86. The molecule has 0 spiro atoms. The molecule has 118 valence electrons. The Morgan fingerprint density at radius 1 is 1.14 bits per heavy atom. The van der Waals surface area contributed by atoms with Crippen molar-refractivity contribution < 1.29 is 29.0 Å². The van der Waals surface area contributed by atoms with Gasteiger partial charge in [0.05, 0.1) is 11.4 Å². The largest absolute Gasteiger partial charge is 0.493 e. The van der Waals surface area contributed by atoms with Crippen molar-refractivity contribution in [2.75, 3.05) is 0 Å². The zero-order valence-electron chi connectivity index (χ0n) is 10.5. The number of aromatic hydroxyl groups is 1. The van der Waals surface area contributed by atoms with Crippen molar-refractivity contribution in [2.45, 2.75) is 11.8 Å². The maximum Gasteiger partial charge on any atom is 0.295 e. The molecular formula is C10H12Br2N2O6S. The lowest BCUT2D eigenvalue weighted by Crippen LogP contribution is -2.03. The first kappa shape index (κ1) is 20.0. The molecule has 0 unspecified atom stereocenters. The van der Waals surface area contributed by atoms with E-state index >= 15 is 0 Å². The summed E-state index contributed by atoms with van der Waals surface area (Å²) in [6.45, 7) is 1.71. The first-order chi connectivity index (χ1) is 8.70. The van der Waals surface area contributed by atoms with E-state index in [1.165, 1.54) is 22.9 Å². The van der Waals surface area contributed by atoms with Crippen LogP contribution in [0.3, 0.4) is 0 Å². The molecule has 21 heavy (non-hydrogen) atoms. The van der Waals surface area contributed by atoms with Gasteiger partial charge in [-0.15, -0.1) is 0 Å². The molecular weight excluding hydrogens is 436 g/mol. The second kappa shape index (κ2) is 6.85. The van der Waals surface area contributed by atoms with Gasteiger partial charge in [-0.2, -0.15) is 18.2 Å². The molecule has 1 aromatic carbocycles. The highest BCUT2D eigenvalue weighted by Gasteiger charge is 2.19. The van der Waals surface area contributed by atoms with Crippen LogP contribution < -0.4 is 0 Å². The molecule has 0 radical (unpaired) electrons. The fraction of sp³-hybridized carbons (Fsp3) is 0.100. The van der Waals surface area contributed by atoms with E-state index in [-0.39, 0.29) is 26.2 Å². The minimum atomic E-state index is -4.33. The third-order valence-corrected chi connectivity index (χ3v) is 4.77. The standard InChI is InChI=1S/C10H8Br2N2O4S.2H2O/c1-5-2-10(15)14(13-5)8-3-7(12)9(4-6(8)11)19(16,17)18;;/h2-4,15H,1H3,(H,16,17,18);2*1H2. The van der Waals surface area contributed by atoms with Gasteiger partial charge < -0.3 is 16.1 Å². The molecule has 0 atom stereocenters. The van der Waals surface area contributed by atoms with Gasteiger partial charge in [-0.3, -0.25) is 4.55 Å². The molecule has 0 saturated heterocycles. The lowest BCUT2D eigenvalue weighted by atomic mass is 10.3. The Labute approximate surface area is 137 Å². The van der Waals surface area contributed by atoms with Gasteiger partial charge in [0.25, 0.3) is 10.1 Å². The zero-order chi connectivity index (χ0) is 14.4. The number of aromatic nitrogens is 2.